The lowest BCUT2D eigenvalue weighted by Crippen LogP contribution is -1.90. The van der Waals surface area contributed by atoms with Crippen LogP contribution in [0.15, 0.2) is 35.3 Å². The molecule has 0 bridgehead atoms. The highest BCUT2D eigenvalue weighted by Gasteiger charge is 2.00. The Balaban J connectivity index is 2.23. The lowest BCUT2D eigenvalue weighted by atomic mass is 10.4. The number of anilines is 2. The smallest absolute Gasteiger partial charge is 0.0770 e. The van der Waals surface area contributed by atoms with Crippen LogP contribution in [0.25, 0.3) is 0 Å². The van der Waals surface area contributed by atoms with E-state index in [4.69, 9.17) is 0 Å². The van der Waals surface area contributed by atoms with Crippen molar-refractivity contribution in [3.8, 4) is 0 Å². The molecule has 4 nitrogen and oxygen atoms in total. The molecule has 2 rings (SSSR count). The van der Waals surface area contributed by atoms with Gasteiger partial charge in [0.15, 0.2) is 0 Å². The lowest BCUT2D eigenvalue weighted by Gasteiger charge is -2.04. The standard InChI is InChI=1S/C9H9BrN4/c1-14-6-7(4-12-14)13-9-2-3-11-5-8(9)10/h2-6H,1H3,(H,11,13). The van der Waals surface area contributed by atoms with Crippen molar-refractivity contribution in [3.63, 3.8) is 0 Å². The highest BCUT2D eigenvalue weighted by Crippen LogP contribution is 2.23. The van der Waals surface area contributed by atoms with Gasteiger partial charge in [0.1, 0.15) is 0 Å². The molecule has 0 aliphatic rings. The van der Waals surface area contributed by atoms with Gasteiger partial charge >= 0.3 is 0 Å². The predicted molar refractivity (Wildman–Crippen MR) is 58.4 cm³/mol. The van der Waals surface area contributed by atoms with Crippen LogP contribution in [0.5, 0.6) is 0 Å². The third kappa shape index (κ3) is 1.93. The van der Waals surface area contributed by atoms with Crippen molar-refractivity contribution in [3.05, 3.63) is 35.3 Å². The molecule has 2 aromatic heterocycles. The van der Waals surface area contributed by atoms with Crippen LogP contribution >= 0.6 is 15.9 Å². The van der Waals surface area contributed by atoms with Gasteiger partial charge in [-0.3, -0.25) is 9.67 Å². The van der Waals surface area contributed by atoms with Gasteiger partial charge in [-0.15, -0.1) is 0 Å². The van der Waals surface area contributed by atoms with Crippen LogP contribution in [0.3, 0.4) is 0 Å². The number of pyridine rings is 1. The number of rotatable bonds is 2. The minimum Gasteiger partial charge on any atom is -0.352 e. The Morgan fingerprint density at radius 3 is 2.93 bits per heavy atom. The molecule has 0 saturated carbocycles. The summed E-state index contributed by atoms with van der Waals surface area (Å²) in [5, 5.41) is 7.29. The van der Waals surface area contributed by atoms with E-state index in [2.05, 4.69) is 31.3 Å². The molecule has 2 aromatic rings. The van der Waals surface area contributed by atoms with Crippen molar-refractivity contribution in [1.29, 1.82) is 0 Å². The summed E-state index contributed by atoms with van der Waals surface area (Å²) in [5.41, 5.74) is 1.94. The van der Waals surface area contributed by atoms with E-state index in [-0.39, 0.29) is 0 Å². The zero-order chi connectivity index (χ0) is 9.97. The van der Waals surface area contributed by atoms with Gasteiger partial charge in [0.25, 0.3) is 0 Å². The van der Waals surface area contributed by atoms with E-state index in [1.807, 2.05) is 19.3 Å². The number of nitrogens with zero attached hydrogens (tertiary/aromatic N) is 3. The van der Waals surface area contributed by atoms with Crippen LogP contribution < -0.4 is 5.32 Å². The summed E-state index contributed by atoms with van der Waals surface area (Å²) in [5.74, 6) is 0. The van der Waals surface area contributed by atoms with Crippen molar-refractivity contribution >= 4 is 27.3 Å². The molecule has 0 aromatic carbocycles. The van der Waals surface area contributed by atoms with Gasteiger partial charge in [-0.05, 0) is 22.0 Å². The fraction of sp³-hybridized carbons (Fsp3) is 0.111. The van der Waals surface area contributed by atoms with Crippen LogP contribution in [-0.2, 0) is 7.05 Å². The molecular weight excluding hydrogens is 244 g/mol. The monoisotopic (exact) mass is 252 g/mol. The number of hydrogen-bond acceptors (Lipinski definition) is 3. The van der Waals surface area contributed by atoms with Crippen LogP contribution in [0.2, 0.25) is 0 Å². The van der Waals surface area contributed by atoms with E-state index in [0.29, 0.717) is 0 Å². The number of halogens is 1. The molecule has 0 unspecified atom stereocenters. The summed E-state index contributed by atoms with van der Waals surface area (Å²) in [6.07, 6.45) is 7.17. The van der Waals surface area contributed by atoms with Crippen LogP contribution in [0.1, 0.15) is 0 Å². The summed E-state index contributed by atoms with van der Waals surface area (Å²) in [6, 6.07) is 1.90. The van der Waals surface area contributed by atoms with E-state index < -0.39 is 0 Å². The van der Waals surface area contributed by atoms with E-state index in [1.165, 1.54) is 0 Å². The molecular formula is C9H9BrN4. The average Bonchev–Trinajstić information content (AvgIpc) is 2.56. The Labute approximate surface area is 90.1 Å². The highest BCUT2D eigenvalue weighted by atomic mass is 79.9. The number of aromatic nitrogens is 3. The lowest BCUT2D eigenvalue weighted by molar-refractivity contribution is 0.768. The molecule has 0 radical (unpaired) electrons. The maximum absolute atomic E-state index is 4.07. The van der Waals surface area contributed by atoms with Gasteiger partial charge < -0.3 is 5.32 Å². The van der Waals surface area contributed by atoms with Crippen LogP contribution in [-0.4, -0.2) is 14.8 Å². The Morgan fingerprint density at radius 2 is 2.29 bits per heavy atom. The fourth-order valence-corrected chi connectivity index (χ4v) is 1.47. The zero-order valence-electron chi connectivity index (χ0n) is 7.61. The summed E-state index contributed by atoms with van der Waals surface area (Å²) in [4.78, 5) is 3.98. The SMILES string of the molecule is Cn1cc(Nc2ccncc2Br)cn1. The van der Waals surface area contributed by atoms with Crippen molar-refractivity contribution in [1.82, 2.24) is 14.8 Å². The molecule has 14 heavy (non-hydrogen) atoms. The third-order valence-corrected chi connectivity index (χ3v) is 2.39. The molecule has 1 N–H and O–H groups in total. The topological polar surface area (TPSA) is 42.7 Å². The second-order valence-corrected chi connectivity index (χ2v) is 3.74. The second kappa shape index (κ2) is 3.79. The van der Waals surface area contributed by atoms with Crippen molar-refractivity contribution in [2.45, 2.75) is 0 Å². The highest BCUT2D eigenvalue weighted by molar-refractivity contribution is 9.10. The molecule has 0 spiro atoms. The molecule has 0 aliphatic carbocycles. The van der Waals surface area contributed by atoms with Crippen molar-refractivity contribution < 1.29 is 0 Å². The Hall–Kier alpha value is -1.36. The third-order valence-electron chi connectivity index (χ3n) is 1.76. The van der Waals surface area contributed by atoms with Gasteiger partial charge in [-0.25, -0.2) is 0 Å². The van der Waals surface area contributed by atoms with E-state index in [1.54, 1.807) is 23.3 Å². The maximum atomic E-state index is 4.07. The Kier molecular flexibility index (Phi) is 2.49. The van der Waals surface area contributed by atoms with Gasteiger partial charge in [0.2, 0.25) is 0 Å². The van der Waals surface area contributed by atoms with Crippen molar-refractivity contribution in [2.24, 2.45) is 7.05 Å². The molecule has 72 valence electrons. The van der Waals surface area contributed by atoms with Crippen molar-refractivity contribution in [2.75, 3.05) is 5.32 Å². The predicted octanol–water partition coefficient (Wildman–Crippen LogP) is 2.32. The van der Waals surface area contributed by atoms with Gasteiger partial charge in [-0.1, -0.05) is 0 Å². The summed E-state index contributed by atoms with van der Waals surface area (Å²) in [6.45, 7) is 0. The fourth-order valence-electron chi connectivity index (χ4n) is 1.12. The first kappa shape index (κ1) is 9.21. The number of hydrogen-bond donors (Lipinski definition) is 1. The number of aryl methyl sites for hydroxylation is 1. The van der Waals surface area contributed by atoms with E-state index in [0.717, 1.165) is 15.8 Å². The molecule has 5 heteroatoms. The molecule has 0 aliphatic heterocycles. The minimum atomic E-state index is 0.934. The number of nitrogens with one attached hydrogen (secondary N) is 1. The largest absolute Gasteiger partial charge is 0.352 e. The van der Waals surface area contributed by atoms with Crippen LogP contribution in [0, 0.1) is 0 Å². The average molecular weight is 253 g/mol. The molecule has 0 saturated heterocycles. The van der Waals surface area contributed by atoms with Crippen LogP contribution in [0.4, 0.5) is 11.4 Å². The maximum Gasteiger partial charge on any atom is 0.0770 e. The molecule has 2 heterocycles. The zero-order valence-corrected chi connectivity index (χ0v) is 9.19. The summed E-state index contributed by atoms with van der Waals surface area (Å²) >= 11 is 3.41. The normalized spacial score (nSPS) is 10.1. The van der Waals surface area contributed by atoms with E-state index >= 15 is 0 Å². The minimum absolute atomic E-state index is 0.934. The first-order valence-corrected chi connectivity index (χ1v) is 4.90. The van der Waals surface area contributed by atoms with E-state index in [9.17, 15) is 0 Å². The quantitative estimate of drug-likeness (QED) is 0.893. The Morgan fingerprint density at radius 1 is 1.43 bits per heavy atom. The first-order valence-electron chi connectivity index (χ1n) is 4.11. The summed E-state index contributed by atoms with van der Waals surface area (Å²) < 4.78 is 2.68. The van der Waals surface area contributed by atoms with Gasteiger partial charge in [0, 0.05) is 25.6 Å². The molecule has 0 atom stereocenters. The first-order chi connectivity index (χ1) is 6.75. The molecule has 0 amide bonds. The second-order valence-electron chi connectivity index (χ2n) is 2.88. The molecule has 0 fully saturated rings. The van der Waals surface area contributed by atoms with Gasteiger partial charge in [-0.2, -0.15) is 5.10 Å². The summed E-state index contributed by atoms with van der Waals surface area (Å²) in [7, 11) is 1.88. The Bertz CT molecular complexity index is 438. The van der Waals surface area contributed by atoms with Gasteiger partial charge in [0.05, 0.1) is 22.0 Å².